The van der Waals surface area contributed by atoms with E-state index in [4.69, 9.17) is 4.98 Å². The molecule has 2 heteroatoms. The van der Waals surface area contributed by atoms with Crippen molar-refractivity contribution in [3.63, 3.8) is 0 Å². The first-order chi connectivity index (χ1) is 12.6. The Morgan fingerprint density at radius 1 is 0.769 bits per heavy atom. The largest absolute Gasteiger partial charge is 0.247 e. The van der Waals surface area contributed by atoms with Crippen molar-refractivity contribution in [1.82, 2.24) is 4.98 Å². The van der Waals surface area contributed by atoms with E-state index < -0.39 is 0 Å². The maximum absolute atomic E-state index is 5.09. The van der Waals surface area contributed by atoms with E-state index in [0.717, 1.165) is 11.2 Å². The molecule has 0 bridgehead atoms. The molecule has 2 aliphatic rings. The first kappa shape index (κ1) is 14.6. The molecule has 0 N–H and O–H groups in total. The van der Waals surface area contributed by atoms with E-state index in [1.54, 1.807) is 0 Å². The summed E-state index contributed by atoms with van der Waals surface area (Å²) in [5.74, 6) is 0. The lowest BCUT2D eigenvalue weighted by Crippen LogP contribution is -2.15. The van der Waals surface area contributed by atoms with Crippen LogP contribution in [0.5, 0.6) is 0 Å². The topological polar surface area (TPSA) is 12.9 Å². The smallest absolute Gasteiger partial charge is 0.0855 e. The van der Waals surface area contributed by atoms with Gasteiger partial charge < -0.3 is 0 Å². The van der Waals surface area contributed by atoms with E-state index >= 15 is 0 Å². The number of fused-ring (bicyclic) bond motifs is 3. The minimum Gasteiger partial charge on any atom is -0.247 e. The molecule has 0 unspecified atom stereocenters. The fourth-order valence-corrected chi connectivity index (χ4v) is 5.70. The average Bonchev–Trinajstić information content (AvgIpc) is 2.81. The summed E-state index contributed by atoms with van der Waals surface area (Å²) in [6, 6.07) is 24.2. The normalized spacial score (nSPS) is 15.5. The molecule has 124 valence electrons. The molecule has 1 aromatic heterocycles. The zero-order valence-corrected chi connectivity index (χ0v) is 15.5. The van der Waals surface area contributed by atoms with Gasteiger partial charge in [-0.05, 0) is 34.9 Å². The van der Waals surface area contributed by atoms with Gasteiger partial charge in [0, 0.05) is 31.7 Å². The second-order valence-electron chi connectivity index (χ2n) is 7.66. The lowest BCUT2D eigenvalue weighted by atomic mass is 9.82. The van der Waals surface area contributed by atoms with Gasteiger partial charge in [-0.25, -0.2) is 4.98 Å². The molecular weight excluding hydrogens is 334 g/mol. The van der Waals surface area contributed by atoms with E-state index in [9.17, 15) is 0 Å². The Morgan fingerprint density at radius 3 is 2.42 bits per heavy atom. The Kier molecular flexibility index (Phi) is 2.68. The standard InChI is InChI=1S/C24H17NS/c1-24(2)16-9-5-8-15-21(16)22-17(24)10-6-12-19(22)26-20-13-14-7-3-4-11-18(14)25-23(15)20/h3-13H,1-2H3. The van der Waals surface area contributed by atoms with Crippen LogP contribution >= 0.6 is 11.8 Å². The van der Waals surface area contributed by atoms with Gasteiger partial charge in [0.2, 0.25) is 0 Å². The van der Waals surface area contributed by atoms with Crippen molar-refractivity contribution >= 4 is 22.7 Å². The lowest BCUT2D eigenvalue weighted by molar-refractivity contribution is 0.659. The monoisotopic (exact) mass is 351 g/mol. The van der Waals surface area contributed by atoms with E-state index in [1.807, 2.05) is 11.8 Å². The predicted octanol–water partition coefficient (Wildman–Crippen LogP) is 6.67. The van der Waals surface area contributed by atoms with E-state index in [0.29, 0.717) is 0 Å². The summed E-state index contributed by atoms with van der Waals surface area (Å²) in [6.45, 7) is 4.68. The fourth-order valence-electron chi connectivity index (χ4n) is 4.57. The number of benzene rings is 3. The first-order valence-corrected chi connectivity index (χ1v) is 9.81. The SMILES string of the molecule is CC1(C)c2cccc3c2-c2c(cccc21)-c1nc2ccccc2cc1S3. The van der Waals surface area contributed by atoms with Crippen molar-refractivity contribution in [1.29, 1.82) is 0 Å². The summed E-state index contributed by atoms with van der Waals surface area (Å²) >= 11 is 1.86. The van der Waals surface area contributed by atoms with Gasteiger partial charge >= 0.3 is 0 Å². The predicted molar refractivity (Wildman–Crippen MR) is 109 cm³/mol. The van der Waals surface area contributed by atoms with E-state index in [2.05, 4.69) is 80.6 Å². The number of hydrogen-bond donors (Lipinski definition) is 0. The van der Waals surface area contributed by atoms with Gasteiger partial charge in [-0.15, -0.1) is 0 Å². The molecule has 0 spiro atoms. The first-order valence-electron chi connectivity index (χ1n) is 9.00. The molecule has 1 aliphatic heterocycles. The zero-order valence-electron chi connectivity index (χ0n) is 14.7. The summed E-state index contributed by atoms with van der Waals surface area (Å²) in [7, 11) is 0. The highest BCUT2D eigenvalue weighted by molar-refractivity contribution is 7.99. The lowest BCUT2D eigenvalue weighted by Gasteiger charge is -2.22. The molecule has 0 amide bonds. The highest BCUT2D eigenvalue weighted by atomic mass is 32.2. The van der Waals surface area contributed by atoms with Crippen molar-refractivity contribution in [2.24, 2.45) is 0 Å². The summed E-state index contributed by atoms with van der Waals surface area (Å²) in [5.41, 5.74) is 9.13. The third-order valence-electron chi connectivity index (χ3n) is 5.85. The van der Waals surface area contributed by atoms with Gasteiger partial charge in [-0.2, -0.15) is 0 Å². The molecule has 2 heterocycles. The Balaban J connectivity index is 1.81. The van der Waals surface area contributed by atoms with E-state index in [1.165, 1.54) is 43.0 Å². The fraction of sp³-hybridized carbons (Fsp3) is 0.125. The molecule has 0 radical (unpaired) electrons. The number of pyridine rings is 1. The van der Waals surface area contributed by atoms with Crippen LogP contribution in [0.2, 0.25) is 0 Å². The maximum atomic E-state index is 5.09. The van der Waals surface area contributed by atoms with Crippen LogP contribution < -0.4 is 0 Å². The van der Waals surface area contributed by atoms with Crippen LogP contribution in [0, 0.1) is 0 Å². The summed E-state index contributed by atoms with van der Waals surface area (Å²) in [4.78, 5) is 7.68. The molecule has 0 saturated heterocycles. The number of rotatable bonds is 0. The molecule has 0 atom stereocenters. The Hall–Kier alpha value is -2.58. The zero-order chi connectivity index (χ0) is 17.5. The molecule has 1 nitrogen and oxygen atoms in total. The third-order valence-corrected chi connectivity index (χ3v) is 6.94. The van der Waals surface area contributed by atoms with Crippen molar-refractivity contribution in [3.8, 4) is 22.4 Å². The van der Waals surface area contributed by atoms with Crippen LogP contribution in [0.4, 0.5) is 0 Å². The molecule has 26 heavy (non-hydrogen) atoms. The van der Waals surface area contributed by atoms with Crippen LogP contribution in [0.3, 0.4) is 0 Å². The Bertz CT molecular complexity index is 1240. The minimum absolute atomic E-state index is 0.0333. The summed E-state index contributed by atoms with van der Waals surface area (Å²) < 4.78 is 0. The molecule has 6 rings (SSSR count). The number of aromatic nitrogens is 1. The van der Waals surface area contributed by atoms with Crippen LogP contribution in [0.15, 0.2) is 76.5 Å². The average molecular weight is 351 g/mol. The highest BCUT2D eigenvalue weighted by Crippen LogP contribution is 2.58. The molecule has 1 aliphatic carbocycles. The summed E-state index contributed by atoms with van der Waals surface area (Å²) in [5, 5.41) is 1.20. The molecule has 3 aromatic carbocycles. The van der Waals surface area contributed by atoms with E-state index in [-0.39, 0.29) is 5.41 Å². The maximum Gasteiger partial charge on any atom is 0.0855 e. The van der Waals surface area contributed by atoms with Gasteiger partial charge in [0.25, 0.3) is 0 Å². The van der Waals surface area contributed by atoms with Crippen molar-refractivity contribution < 1.29 is 0 Å². The summed E-state index contributed by atoms with van der Waals surface area (Å²) in [6.07, 6.45) is 0. The van der Waals surface area contributed by atoms with Gasteiger partial charge in [0.15, 0.2) is 0 Å². The van der Waals surface area contributed by atoms with Crippen molar-refractivity contribution in [2.45, 2.75) is 29.1 Å². The van der Waals surface area contributed by atoms with Crippen LogP contribution in [-0.4, -0.2) is 4.98 Å². The molecule has 4 aromatic rings. The van der Waals surface area contributed by atoms with Gasteiger partial charge in [-0.3, -0.25) is 0 Å². The Morgan fingerprint density at radius 2 is 1.54 bits per heavy atom. The van der Waals surface area contributed by atoms with Gasteiger partial charge in [0.1, 0.15) is 0 Å². The van der Waals surface area contributed by atoms with Crippen LogP contribution in [0.25, 0.3) is 33.3 Å². The van der Waals surface area contributed by atoms with Crippen LogP contribution in [0.1, 0.15) is 25.0 Å². The minimum atomic E-state index is 0.0333. The number of nitrogens with zero attached hydrogens (tertiary/aromatic N) is 1. The van der Waals surface area contributed by atoms with Crippen molar-refractivity contribution in [2.75, 3.05) is 0 Å². The molecular formula is C24H17NS. The highest BCUT2D eigenvalue weighted by Gasteiger charge is 2.39. The second kappa shape index (κ2) is 4.77. The van der Waals surface area contributed by atoms with Gasteiger partial charge in [0.05, 0.1) is 11.2 Å². The number of hydrogen-bond acceptors (Lipinski definition) is 2. The van der Waals surface area contributed by atoms with Crippen LogP contribution in [-0.2, 0) is 5.41 Å². The molecule has 0 saturated carbocycles. The Labute approximate surface area is 157 Å². The third kappa shape index (κ3) is 1.70. The van der Waals surface area contributed by atoms with Crippen molar-refractivity contribution in [3.05, 3.63) is 77.9 Å². The number of para-hydroxylation sites is 1. The van der Waals surface area contributed by atoms with Gasteiger partial charge in [-0.1, -0.05) is 74.1 Å². The molecule has 0 fully saturated rings. The second-order valence-corrected chi connectivity index (χ2v) is 8.75. The quantitative estimate of drug-likeness (QED) is 0.309.